The van der Waals surface area contributed by atoms with E-state index in [2.05, 4.69) is 12.2 Å². The van der Waals surface area contributed by atoms with Crippen molar-refractivity contribution in [2.45, 2.75) is 45.1 Å². The SMILES string of the molecule is CC1CCC(CNCC(=O)N(C)C2CC2)C1. The molecular weight excluding hydrogens is 200 g/mol. The zero-order valence-electron chi connectivity index (χ0n) is 10.5. The van der Waals surface area contributed by atoms with Gasteiger partial charge in [0.2, 0.25) is 5.91 Å². The Kier molecular flexibility index (Phi) is 3.85. The number of carbonyl (C=O) groups excluding carboxylic acids is 1. The van der Waals surface area contributed by atoms with Crippen LogP contribution in [0.4, 0.5) is 0 Å². The summed E-state index contributed by atoms with van der Waals surface area (Å²) in [6.07, 6.45) is 6.42. The van der Waals surface area contributed by atoms with Crippen molar-refractivity contribution in [3.63, 3.8) is 0 Å². The summed E-state index contributed by atoms with van der Waals surface area (Å²) >= 11 is 0. The fourth-order valence-corrected chi connectivity index (χ4v) is 2.68. The van der Waals surface area contributed by atoms with Gasteiger partial charge in [-0.3, -0.25) is 4.79 Å². The fraction of sp³-hybridized carbons (Fsp3) is 0.923. The molecule has 2 unspecified atom stereocenters. The number of carbonyl (C=O) groups is 1. The van der Waals surface area contributed by atoms with Gasteiger partial charge in [-0.15, -0.1) is 0 Å². The van der Waals surface area contributed by atoms with Crippen molar-refractivity contribution in [1.82, 2.24) is 10.2 Å². The van der Waals surface area contributed by atoms with Crippen LogP contribution in [0.3, 0.4) is 0 Å². The number of rotatable bonds is 5. The van der Waals surface area contributed by atoms with E-state index in [0.717, 1.165) is 18.4 Å². The van der Waals surface area contributed by atoms with E-state index >= 15 is 0 Å². The van der Waals surface area contributed by atoms with Gasteiger partial charge in [-0.2, -0.15) is 0 Å². The molecule has 0 radical (unpaired) electrons. The number of nitrogens with one attached hydrogen (secondary N) is 1. The lowest BCUT2D eigenvalue weighted by Gasteiger charge is -2.17. The van der Waals surface area contributed by atoms with E-state index in [4.69, 9.17) is 0 Å². The normalized spacial score (nSPS) is 29.4. The van der Waals surface area contributed by atoms with Crippen LogP contribution in [0.5, 0.6) is 0 Å². The predicted octanol–water partition coefficient (Wildman–Crippen LogP) is 1.63. The highest BCUT2D eigenvalue weighted by atomic mass is 16.2. The maximum atomic E-state index is 11.7. The van der Waals surface area contributed by atoms with Crippen molar-refractivity contribution in [3.05, 3.63) is 0 Å². The molecule has 0 aromatic rings. The summed E-state index contributed by atoms with van der Waals surface area (Å²) < 4.78 is 0. The summed E-state index contributed by atoms with van der Waals surface area (Å²) in [4.78, 5) is 13.6. The first kappa shape index (κ1) is 11.9. The number of likely N-dealkylation sites (N-methyl/N-ethyl adjacent to an activating group) is 1. The largest absolute Gasteiger partial charge is 0.342 e. The van der Waals surface area contributed by atoms with Gasteiger partial charge >= 0.3 is 0 Å². The lowest BCUT2D eigenvalue weighted by Crippen LogP contribution is -2.38. The van der Waals surface area contributed by atoms with Crippen molar-refractivity contribution in [2.24, 2.45) is 11.8 Å². The molecule has 0 heterocycles. The van der Waals surface area contributed by atoms with Crippen LogP contribution in [0.2, 0.25) is 0 Å². The van der Waals surface area contributed by atoms with Gasteiger partial charge in [0.15, 0.2) is 0 Å². The smallest absolute Gasteiger partial charge is 0.236 e. The first-order chi connectivity index (χ1) is 7.66. The number of amides is 1. The minimum Gasteiger partial charge on any atom is -0.342 e. The number of hydrogen-bond acceptors (Lipinski definition) is 2. The third-order valence-corrected chi connectivity index (χ3v) is 4.00. The quantitative estimate of drug-likeness (QED) is 0.770. The molecular formula is C13H24N2O. The summed E-state index contributed by atoms with van der Waals surface area (Å²) in [7, 11) is 1.93. The zero-order valence-corrected chi connectivity index (χ0v) is 10.5. The lowest BCUT2D eigenvalue weighted by molar-refractivity contribution is -0.129. The molecule has 0 bridgehead atoms. The standard InChI is InChI=1S/C13H24N2O/c1-10-3-4-11(7-10)8-14-9-13(16)15(2)12-5-6-12/h10-12,14H,3-9H2,1-2H3. The third-order valence-electron chi connectivity index (χ3n) is 4.00. The zero-order chi connectivity index (χ0) is 11.5. The van der Waals surface area contributed by atoms with Crippen molar-refractivity contribution in [1.29, 1.82) is 0 Å². The minimum absolute atomic E-state index is 0.258. The highest BCUT2D eigenvalue weighted by molar-refractivity contribution is 5.78. The average molecular weight is 224 g/mol. The summed E-state index contributed by atoms with van der Waals surface area (Å²) in [5.74, 6) is 1.94. The van der Waals surface area contributed by atoms with Crippen LogP contribution >= 0.6 is 0 Å². The molecule has 0 aromatic carbocycles. The Balaban J connectivity index is 1.58. The summed E-state index contributed by atoms with van der Waals surface area (Å²) in [6, 6.07) is 0.542. The first-order valence-electron chi connectivity index (χ1n) is 6.63. The van der Waals surface area contributed by atoms with E-state index in [1.54, 1.807) is 0 Å². The fourth-order valence-electron chi connectivity index (χ4n) is 2.68. The molecule has 92 valence electrons. The Morgan fingerprint density at radius 1 is 1.31 bits per heavy atom. The molecule has 2 atom stereocenters. The molecule has 0 aliphatic heterocycles. The third kappa shape index (κ3) is 3.21. The Bertz CT molecular complexity index is 250. The summed E-state index contributed by atoms with van der Waals surface area (Å²) in [5.41, 5.74) is 0. The van der Waals surface area contributed by atoms with Crippen LogP contribution in [0.25, 0.3) is 0 Å². The first-order valence-corrected chi connectivity index (χ1v) is 6.63. The highest BCUT2D eigenvalue weighted by Crippen LogP contribution is 2.29. The number of nitrogens with zero attached hydrogens (tertiary/aromatic N) is 1. The van der Waals surface area contributed by atoms with Crippen molar-refractivity contribution < 1.29 is 4.79 Å². The van der Waals surface area contributed by atoms with Crippen molar-refractivity contribution in [3.8, 4) is 0 Å². The average Bonchev–Trinajstić information content (AvgIpc) is 3.02. The van der Waals surface area contributed by atoms with Gasteiger partial charge in [-0.25, -0.2) is 0 Å². The summed E-state index contributed by atoms with van der Waals surface area (Å²) in [6.45, 7) is 3.87. The summed E-state index contributed by atoms with van der Waals surface area (Å²) in [5, 5.41) is 3.32. The van der Waals surface area contributed by atoms with E-state index < -0.39 is 0 Å². The second-order valence-corrected chi connectivity index (χ2v) is 5.65. The van der Waals surface area contributed by atoms with Gasteiger partial charge in [0.25, 0.3) is 0 Å². The highest BCUT2D eigenvalue weighted by Gasteiger charge is 2.29. The monoisotopic (exact) mass is 224 g/mol. The molecule has 1 amide bonds. The van der Waals surface area contributed by atoms with Gasteiger partial charge < -0.3 is 10.2 Å². The van der Waals surface area contributed by atoms with Crippen molar-refractivity contribution >= 4 is 5.91 Å². The van der Waals surface area contributed by atoms with E-state index in [9.17, 15) is 4.79 Å². The van der Waals surface area contributed by atoms with Crippen LogP contribution < -0.4 is 5.32 Å². The van der Waals surface area contributed by atoms with Gasteiger partial charge in [-0.1, -0.05) is 13.3 Å². The van der Waals surface area contributed by atoms with Gasteiger partial charge in [0, 0.05) is 13.1 Å². The second kappa shape index (κ2) is 5.17. The van der Waals surface area contributed by atoms with Crippen molar-refractivity contribution in [2.75, 3.05) is 20.1 Å². The Morgan fingerprint density at radius 2 is 2.06 bits per heavy atom. The lowest BCUT2D eigenvalue weighted by atomic mass is 10.1. The molecule has 2 rings (SSSR count). The molecule has 0 spiro atoms. The molecule has 2 aliphatic rings. The Hall–Kier alpha value is -0.570. The maximum absolute atomic E-state index is 11.7. The Labute approximate surface area is 98.6 Å². The number of hydrogen-bond donors (Lipinski definition) is 1. The van der Waals surface area contributed by atoms with E-state index in [-0.39, 0.29) is 5.91 Å². The van der Waals surface area contributed by atoms with Gasteiger partial charge in [0.05, 0.1) is 6.54 Å². The molecule has 3 nitrogen and oxygen atoms in total. The molecule has 0 aromatic heterocycles. The molecule has 2 aliphatic carbocycles. The van der Waals surface area contributed by atoms with Crippen LogP contribution in [0, 0.1) is 11.8 Å². The molecule has 2 saturated carbocycles. The van der Waals surface area contributed by atoms with Crippen LogP contribution in [-0.2, 0) is 4.79 Å². The topological polar surface area (TPSA) is 32.3 Å². The minimum atomic E-state index is 0.258. The maximum Gasteiger partial charge on any atom is 0.236 e. The predicted molar refractivity (Wildman–Crippen MR) is 65.2 cm³/mol. The molecule has 3 heteroatoms. The molecule has 0 saturated heterocycles. The molecule has 1 N–H and O–H groups in total. The van der Waals surface area contributed by atoms with Crippen LogP contribution in [0.15, 0.2) is 0 Å². The van der Waals surface area contributed by atoms with E-state index in [1.165, 1.54) is 32.1 Å². The Morgan fingerprint density at radius 3 is 2.62 bits per heavy atom. The van der Waals surface area contributed by atoms with Gasteiger partial charge in [-0.05, 0) is 44.1 Å². The van der Waals surface area contributed by atoms with Crippen LogP contribution in [-0.4, -0.2) is 37.0 Å². The van der Waals surface area contributed by atoms with Crippen LogP contribution in [0.1, 0.15) is 39.0 Å². The van der Waals surface area contributed by atoms with E-state index in [1.807, 2.05) is 11.9 Å². The van der Waals surface area contributed by atoms with E-state index in [0.29, 0.717) is 12.6 Å². The van der Waals surface area contributed by atoms with Gasteiger partial charge in [0.1, 0.15) is 0 Å². The second-order valence-electron chi connectivity index (χ2n) is 5.65. The molecule has 16 heavy (non-hydrogen) atoms. The molecule has 2 fully saturated rings.